The number of nitrogens with zero attached hydrogens (tertiary/aromatic N) is 2. The van der Waals surface area contributed by atoms with Gasteiger partial charge in [-0.15, -0.1) is 0 Å². The summed E-state index contributed by atoms with van der Waals surface area (Å²) in [4.78, 5) is 42.5. The van der Waals surface area contributed by atoms with E-state index in [1.807, 2.05) is 44.2 Å². The summed E-state index contributed by atoms with van der Waals surface area (Å²) in [5.41, 5.74) is 3.58. The van der Waals surface area contributed by atoms with Crippen LogP contribution in [0.15, 0.2) is 77.3 Å². The van der Waals surface area contributed by atoms with E-state index in [4.69, 9.17) is 0 Å². The molecule has 0 aromatic heterocycles. The maximum Gasteiger partial charge on any atom is 0.260 e. The Morgan fingerprint density at radius 1 is 0.903 bits per heavy atom. The van der Waals surface area contributed by atoms with Gasteiger partial charge in [0.15, 0.2) is 0 Å². The maximum atomic E-state index is 13.6. The van der Waals surface area contributed by atoms with Crippen molar-refractivity contribution in [1.29, 1.82) is 0 Å². The highest BCUT2D eigenvalue weighted by atomic mass is 79.9. The molecule has 0 aliphatic carbocycles. The summed E-state index contributed by atoms with van der Waals surface area (Å²) in [6.45, 7) is 3.89. The van der Waals surface area contributed by atoms with E-state index in [-0.39, 0.29) is 18.2 Å². The number of rotatable bonds is 4. The molecule has 3 aromatic rings. The Labute approximate surface area is 189 Å². The van der Waals surface area contributed by atoms with Crippen LogP contribution in [0.3, 0.4) is 0 Å². The highest BCUT2D eigenvalue weighted by Crippen LogP contribution is 2.31. The van der Waals surface area contributed by atoms with Crippen molar-refractivity contribution in [2.45, 2.75) is 26.3 Å². The molecular formula is C25H21BrN2O3. The van der Waals surface area contributed by atoms with E-state index in [1.165, 1.54) is 9.80 Å². The Balaban J connectivity index is 1.76. The van der Waals surface area contributed by atoms with E-state index < -0.39 is 11.9 Å². The van der Waals surface area contributed by atoms with Gasteiger partial charge in [0.25, 0.3) is 11.8 Å². The lowest BCUT2D eigenvalue weighted by atomic mass is 10.1. The molecule has 1 saturated heterocycles. The maximum absolute atomic E-state index is 13.6. The predicted molar refractivity (Wildman–Crippen MR) is 124 cm³/mol. The van der Waals surface area contributed by atoms with Crippen LogP contribution in [-0.4, -0.2) is 23.8 Å². The van der Waals surface area contributed by atoms with Crippen LogP contribution >= 0.6 is 15.9 Å². The zero-order valence-corrected chi connectivity index (χ0v) is 18.8. The standard InChI is InChI=1S/C25H21BrN2O3/c1-16-7-11-18(12-8-16)27(24(30)20-5-3-4-6-21(20)26)22-15-23(29)28(25(22)31)19-13-9-17(2)10-14-19/h3-14,22H,15H2,1-2H3/t22-/m1/s1. The molecule has 0 saturated carbocycles. The molecule has 6 heteroatoms. The Bertz CT molecular complexity index is 1160. The first-order valence-electron chi connectivity index (χ1n) is 9.95. The van der Waals surface area contributed by atoms with Gasteiger partial charge in [-0.05, 0) is 66.2 Å². The Morgan fingerprint density at radius 2 is 1.48 bits per heavy atom. The minimum absolute atomic E-state index is 0.0726. The number of carbonyl (C=O) groups is 3. The molecular weight excluding hydrogens is 456 g/mol. The second-order valence-corrected chi connectivity index (χ2v) is 8.47. The summed E-state index contributed by atoms with van der Waals surface area (Å²) in [5.74, 6) is -1.07. The SMILES string of the molecule is Cc1ccc(N2C(=O)C[C@@H](N(C(=O)c3ccccc3Br)c3ccc(C)cc3)C2=O)cc1. The minimum atomic E-state index is -0.920. The number of hydrogen-bond acceptors (Lipinski definition) is 3. The first-order chi connectivity index (χ1) is 14.9. The molecule has 1 atom stereocenters. The Kier molecular flexibility index (Phi) is 5.74. The molecule has 1 aliphatic heterocycles. The number of hydrogen-bond donors (Lipinski definition) is 0. The van der Waals surface area contributed by atoms with Crippen molar-refractivity contribution in [1.82, 2.24) is 0 Å². The predicted octanol–water partition coefficient (Wildman–Crippen LogP) is 5.04. The molecule has 3 aromatic carbocycles. The fraction of sp³-hybridized carbons (Fsp3) is 0.160. The van der Waals surface area contributed by atoms with Gasteiger partial charge in [-0.2, -0.15) is 0 Å². The van der Waals surface area contributed by atoms with Crippen LogP contribution in [0.2, 0.25) is 0 Å². The summed E-state index contributed by atoms with van der Waals surface area (Å²) in [6, 6.07) is 20.7. The molecule has 31 heavy (non-hydrogen) atoms. The normalized spacial score (nSPS) is 16.0. The van der Waals surface area contributed by atoms with Gasteiger partial charge >= 0.3 is 0 Å². The Morgan fingerprint density at radius 3 is 2.10 bits per heavy atom. The van der Waals surface area contributed by atoms with Gasteiger partial charge in [0, 0.05) is 10.2 Å². The molecule has 0 bridgehead atoms. The molecule has 0 spiro atoms. The second kappa shape index (κ2) is 8.47. The summed E-state index contributed by atoms with van der Waals surface area (Å²) in [7, 11) is 0. The van der Waals surface area contributed by atoms with Crippen molar-refractivity contribution in [3.63, 3.8) is 0 Å². The van der Waals surface area contributed by atoms with Crippen molar-refractivity contribution >= 4 is 45.0 Å². The smallest absolute Gasteiger partial charge is 0.260 e. The topological polar surface area (TPSA) is 57.7 Å². The molecule has 0 radical (unpaired) electrons. The monoisotopic (exact) mass is 476 g/mol. The number of amides is 3. The summed E-state index contributed by atoms with van der Waals surface area (Å²) in [5, 5.41) is 0. The van der Waals surface area contributed by atoms with Gasteiger partial charge in [-0.25, -0.2) is 4.90 Å². The largest absolute Gasteiger partial charge is 0.295 e. The van der Waals surface area contributed by atoms with E-state index >= 15 is 0 Å². The number of imide groups is 1. The van der Waals surface area contributed by atoms with Crippen LogP contribution in [0.25, 0.3) is 0 Å². The summed E-state index contributed by atoms with van der Waals surface area (Å²) >= 11 is 3.43. The highest BCUT2D eigenvalue weighted by Gasteiger charge is 2.45. The van der Waals surface area contributed by atoms with Crippen LogP contribution < -0.4 is 9.80 Å². The van der Waals surface area contributed by atoms with E-state index in [0.29, 0.717) is 21.4 Å². The fourth-order valence-corrected chi connectivity index (χ4v) is 4.15. The van der Waals surface area contributed by atoms with E-state index in [9.17, 15) is 14.4 Å². The van der Waals surface area contributed by atoms with Crippen molar-refractivity contribution in [2.24, 2.45) is 0 Å². The molecule has 0 N–H and O–H groups in total. The number of aryl methyl sites for hydroxylation is 2. The first-order valence-corrected chi connectivity index (χ1v) is 10.7. The molecule has 1 heterocycles. The highest BCUT2D eigenvalue weighted by molar-refractivity contribution is 9.10. The second-order valence-electron chi connectivity index (χ2n) is 7.61. The quantitative estimate of drug-likeness (QED) is 0.495. The van der Waals surface area contributed by atoms with Gasteiger partial charge in [0.05, 0.1) is 17.7 Å². The molecule has 1 aliphatic rings. The molecule has 3 amide bonds. The molecule has 1 fully saturated rings. The van der Waals surface area contributed by atoms with E-state index in [2.05, 4.69) is 15.9 Å². The summed E-state index contributed by atoms with van der Waals surface area (Å²) in [6.07, 6.45) is -0.0726. The van der Waals surface area contributed by atoms with Crippen molar-refractivity contribution < 1.29 is 14.4 Å². The molecule has 0 unspecified atom stereocenters. The minimum Gasteiger partial charge on any atom is -0.295 e. The van der Waals surface area contributed by atoms with Crippen LogP contribution in [0.5, 0.6) is 0 Å². The number of benzene rings is 3. The number of carbonyl (C=O) groups excluding carboxylic acids is 3. The number of anilines is 2. The van der Waals surface area contributed by atoms with E-state index in [0.717, 1.165) is 11.1 Å². The van der Waals surface area contributed by atoms with Gasteiger partial charge < -0.3 is 0 Å². The lowest BCUT2D eigenvalue weighted by Crippen LogP contribution is -2.46. The van der Waals surface area contributed by atoms with Crippen molar-refractivity contribution in [3.8, 4) is 0 Å². The average Bonchev–Trinajstić information content (AvgIpc) is 3.04. The average molecular weight is 477 g/mol. The lowest BCUT2D eigenvalue weighted by Gasteiger charge is -2.28. The van der Waals surface area contributed by atoms with Gasteiger partial charge in [-0.1, -0.05) is 47.5 Å². The van der Waals surface area contributed by atoms with Crippen LogP contribution in [0.1, 0.15) is 27.9 Å². The van der Waals surface area contributed by atoms with Gasteiger partial charge in [0.1, 0.15) is 6.04 Å². The Hall–Kier alpha value is -3.25. The third kappa shape index (κ3) is 4.03. The third-order valence-corrected chi connectivity index (χ3v) is 6.05. The molecule has 5 nitrogen and oxygen atoms in total. The molecule has 156 valence electrons. The first kappa shape index (κ1) is 21.0. The van der Waals surface area contributed by atoms with E-state index in [1.54, 1.807) is 42.5 Å². The third-order valence-electron chi connectivity index (χ3n) is 5.36. The van der Waals surface area contributed by atoms with Crippen LogP contribution in [0, 0.1) is 13.8 Å². The zero-order chi connectivity index (χ0) is 22.1. The van der Waals surface area contributed by atoms with Gasteiger partial charge in [-0.3, -0.25) is 19.3 Å². The number of halogens is 1. The van der Waals surface area contributed by atoms with Gasteiger partial charge in [0.2, 0.25) is 5.91 Å². The lowest BCUT2D eigenvalue weighted by molar-refractivity contribution is -0.121. The molecule has 4 rings (SSSR count). The van der Waals surface area contributed by atoms with Crippen LogP contribution in [0.4, 0.5) is 11.4 Å². The van der Waals surface area contributed by atoms with Crippen LogP contribution in [-0.2, 0) is 9.59 Å². The van der Waals surface area contributed by atoms with Crippen molar-refractivity contribution in [3.05, 3.63) is 94.0 Å². The fourth-order valence-electron chi connectivity index (χ4n) is 3.69. The summed E-state index contributed by atoms with van der Waals surface area (Å²) < 4.78 is 0.629. The zero-order valence-electron chi connectivity index (χ0n) is 17.2. The van der Waals surface area contributed by atoms with Crippen molar-refractivity contribution in [2.75, 3.05) is 9.80 Å².